The Morgan fingerprint density at radius 2 is 1.76 bits per heavy atom. The van der Waals surface area contributed by atoms with E-state index in [0.717, 1.165) is 0 Å². The second kappa shape index (κ2) is 5.53. The van der Waals surface area contributed by atoms with Crippen LogP contribution in [-0.4, -0.2) is 20.5 Å². The van der Waals surface area contributed by atoms with Gasteiger partial charge < -0.3 is 9.16 Å². The lowest BCUT2D eigenvalue weighted by Crippen LogP contribution is -2.63. The molecule has 2 atom stereocenters. The Morgan fingerprint density at radius 1 is 1.19 bits per heavy atom. The van der Waals surface area contributed by atoms with E-state index in [1.54, 1.807) is 0 Å². The summed E-state index contributed by atoms with van der Waals surface area (Å²) >= 11 is 0. The third-order valence-corrected chi connectivity index (χ3v) is 9.75. The van der Waals surface area contributed by atoms with Crippen LogP contribution in [0.4, 0.5) is 0 Å². The summed E-state index contributed by atoms with van der Waals surface area (Å²) < 4.78 is 12.8. The van der Waals surface area contributed by atoms with Crippen molar-refractivity contribution >= 4 is 8.32 Å². The summed E-state index contributed by atoms with van der Waals surface area (Å²) in [7, 11) is -1.83. The van der Waals surface area contributed by atoms with Crippen LogP contribution in [0.3, 0.4) is 0 Å². The minimum atomic E-state index is -1.83. The third kappa shape index (κ3) is 2.96. The van der Waals surface area contributed by atoms with Crippen LogP contribution < -0.4 is 0 Å². The van der Waals surface area contributed by atoms with E-state index in [0.29, 0.717) is 12.5 Å². The normalized spacial score (nSPS) is 26.8. The monoisotopic (exact) mass is 306 g/mol. The van der Waals surface area contributed by atoms with Crippen molar-refractivity contribution in [1.29, 1.82) is 0 Å². The molecule has 1 aromatic rings. The highest BCUT2D eigenvalue weighted by Crippen LogP contribution is 2.51. The molecule has 0 aromatic heterocycles. The second-order valence-corrected chi connectivity index (χ2v) is 12.8. The topological polar surface area (TPSA) is 18.5 Å². The number of ether oxygens (including phenoxy) is 1. The Morgan fingerprint density at radius 3 is 2.14 bits per heavy atom. The molecule has 1 saturated heterocycles. The minimum Gasteiger partial charge on any atom is -0.406 e. The fourth-order valence-electron chi connectivity index (χ4n) is 2.64. The van der Waals surface area contributed by atoms with Crippen LogP contribution in [0.2, 0.25) is 18.1 Å². The van der Waals surface area contributed by atoms with Crippen molar-refractivity contribution in [1.82, 2.24) is 0 Å². The van der Waals surface area contributed by atoms with Crippen molar-refractivity contribution in [3.8, 4) is 0 Å². The summed E-state index contributed by atoms with van der Waals surface area (Å²) in [5, 5.41) is 0.214. The molecule has 0 amide bonds. The van der Waals surface area contributed by atoms with Gasteiger partial charge in [0.25, 0.3) is 0 Å². The maximum atomic E-state index is 6.87. The molecule has 1 aliphatic rings. The number of hydrogen-bond acceptors (Lipinski definition) is 2. The van der Waals surface area contributed by atoms with Gasteiger partial charge in [-0.05, 0) is 29.6 Å². The first-order valence-corrected chi connectivity index (χ1v) is 10.9. The Hall–Kier alpha value is -0.643. The SMILES string of the molecule is CC(C)C1(O[Si](C)(C)C(C)(C)C)COC1c1ccccc1. The number of rotatable bonds is 4. The Labute approximate surface area is 131 Å². The highest BCUT2D eigenvalue weighted by molar-refractivity contribution is 6.74. The van der Waals surface area contributed by atoms with Gasteiger partial charge in [0.2, 0.25) is 0 Å². The molecule has 0 aliphatic carbocycles. The Balaban J connectivity index is 2.31. The summed E-state index contributed by atoms with van der Waals surface area (Å²) in [6.45, 7) is 16.8. The van der Waals surface area contributed by atoms with Crippen LogP contribution in [0, 0.1) is 5.92 Å². The van der Waals surface area contributed by atoms with E-state index in [-0.39, 0.29) is 16.7 Å². The first kappa shape index (κ1) is 16.7. The fraction of sp³-hybridized carbons (Fsp3) is 0.667. The van der Waals surface area contributed by atoms with E-state index in [2.05, 4.69) is 72.0 Å². The molecular formula is C18H30O2Si. The third-order valence-electron chi connectivity index (χ3n) is 5.25. The predicted octanol–water partition coefficient (Wildman–Crippen LogP) is 5.17. The summed E-state index contributed by atoms with van der Waals surface area (Å²) in [5.74, 6) is 0.436. The van der Waals surface area contributed by atoms with Crippen LogP contribution in [0.5, 0.6) is 0 Å². The molecule has 1 aromatic carbocycles. The zero-order valence-corrected chi connectivity index (χ0v) is 15.6. The lowest BCUT2D eigenvalue weighted by Gasteiger charge is -2.56. The van der Waals surface area contributed by atoms with Gasteiger partial charge in [0, 0.05) is 0 Å². The molecule has 118 valence electrons. The highest BCUT2D eigenvalue weighted by Gasteiger charge is 2.56. The van der Waals surface area contributed by atoms with Gasteiger partial charge in [-0.1, -0.05) is 65.0 Å². The van der Waals surface area contributed by atoms with Crippen LogP contribution in [0.15, 0.2) is 30.3 Å². The van der Waals surface area contributed by atoms with Crippen LogP contribution in [-0.2, 0) is 9.16 Å². The van der Waals surface area contributed by atoms with Gasteiger partial charge in [-0.15, -0.1) is 0 Å². The summed E-state index contributed by atoms with van der Waals surface area (Å²) in [6.07, 6.45) is 0.0628. The van der Waals surface area contributed by atoms with Crippen molar-refractivity contribution in [3.63, 3.8) is 0 Å². The Kier molecular flexibility index (Phi) is 4.40. The summed E-state index contributed by atoms with van der Waals surface area (Å²) in [5.41, 5.74) is 1.06. The van der Waals surface area contributed by atoms with E-state index in [1.165, 1.54) is 5.56 Å². The second-order valence-electron chi connectivity index (χ2n) is 8.07. The summed E-state index contributed by atoms with van der Waals surface area (Å²) in [6, 6.07) is 10.5. The van der Waals surface area contributed by atoms with Gasteiger partial charge in [0.05, 0.1) is 6.61 Å². The van der Waals surface area contributed by atoms with Gasteiger partial charge in [0.1, 0.15) is 11.7 Å². The molecule has 0 bridgehead atoms. The largest absolute Gasteiger partial charge is 0.406 e. The maximum Gasteiger partial charge on any atom is 0.193 e. The molecule has 0 N–H and O–H groups in total. The van der Waals surface area contributed by atoms with E-state index < -0.39 is 8.32 Å². The molecule has 2 rings (SSSR count). The van der Waals surface area contributed by atoms with Crippen molar-refractivity contribution in [2.75, 3.05) is 6.61 Å². The first-order valence-electron chi connectivity index (χ1n) is 7.97. The zero-order valence-electron chi connectivity index (χ0n) is 14.6. The van der Waals surface area contributed by atoms with Crippen LogP contribution >= 0.6 is 0 Å². The maximum absolute atomic E-state index is 6.87. The van der Waals surface area contributed by atoms with E-state index >= 15 is 0 Å². The highest BCUT2D eigenvalue weighted by atomic mass is 28.4. The van der Waals surface area contributed by atoms with E-state index in [9.17, 15) is 0 Å². The lowest BCUT2D eigenvalue weighted by atomic mass is 9.78. The van der Waals surface area contributed by atoms with Gasteiger partial charge in [0.15, 0.2) is 8.32 Å². The van der Waals surface area contributed by atoms with Crippen molar-refractivity contribution in [2.24, 2.45) is 5.92 Å². The predicted molar refractivity (Wildman–Crippen MR) is 91.0 cm³/mol. The summed E-state index contributed by atoms with van der Waals surface area (Å²) in [4.78, 5) is 0. The molecule has 0 radical (unpaired) electrons. The minimum absolute atomic E-state index is 0.0628. The molecule has 0 saturated carbocycles. The molecule has 21 heavy (non-hydrogen) atoms. The molecule has 1 heterocycles. The van der Waals surface area contributed by atoms with Crippen LogP contribution in [0.25, 0.3) is 0 Å². The van der Waals surface area contributed by atoms with Gasteiger partial charge >= 0.3 is 0 Å². The van der Waals surface area contributed by atoms with Gasteiger partial charge in [-0.3, -0.25) is 0 Å². The van der Waals surface area contributed by atoms with Crippen LogP contribution in [0.1, 0.15) is 46.3 Å². The van der Waals surface area contributed by atoms with E-state index in [1.807, 2.05) is 6.07 Å². The molecule has 2 nitrogen and oxygen atoms in total. The van der Waals surface area contributed by atoms with E-state index in [4.69, 9.17) is 9.16 Å². The fourth-order valence-corrected chi connectivity index (χ4v) is 4.29. The average molecular weight is 307 g/mol. The number of benzene rings is 1. The zero-order chi connectivity index (χ0) is 15.9. The molecule has 2 unspecified atom stereocenters. The van der Waals surface area contributed by atoms with Gasteiger partial charge in [-0.2, -0.15) is 0 Å². The molecule has 1 aliphatic heterocycles. The quantitative estimate of drug-likeness (QED) is 0.714. The standard InChI is InChI=1S/C18H30O2Si/c1-14(2)18(20-21(6,7)17(3,4)5)13-19-16(18)15-11-9-8-10-12-15/h8-12,14,16H,13H2,1-7H3. The molecule has 1 fully saturated rings. The van der Waals surface area contributed by atoms with Crippen molar-refractivity contribution < 1.29 is 9.16 Å². The van der Waals surface area contributed by atoms with Gasteiger partial charge in [-0.25, -0.2) is 0 Å². The van der Waals surface area contributed by atoms with Crippen molar-refractivity contribution in [3.05, 3.63) is 35.9 Å². The number of hydrogen-bond donors (Lipinski definition) is 0. The molecule has 0 spiro atoms. The first-order chi connectivity index (χ1) is 9.60. The lowest BCUT2D eigenvalue weighted by molar-refractivity contribution is -0.252. The Bertz CT molecular complexity index is 476. The van der Waals surface area contributed by atoms with Crippen molar-refractivity contribution in [2.45, 2.75) is 64.5 Å². The average Bonchev–Trinajstić information content (AvgIpc) is 2.34. The smallest absolute Gasteiger partial charge is 0.193 e. The molecular weight excluding hydrogens is 276 g/mol. The molecule has 3 heteroatoms.